The first-order valence-corrected chi connectivity index (χ1v) is 9.79. The van der Waals surface area contributed by atoms with Crippen LogP contribution in [0.2, 0.25) is 0 Å². The maximum Gasteiger partial charge on any atom is 0.323 e. The van der Waals surface area contributed by atoms with Gasteiger partial charge in [0.1, 0.15) is 5.71 Å². The molecule has 1 aliphatic rings. The van der Waals surface area contributed by atoms with Gasteiger partial charge in [-0.05, 0) is 35.4 Å². The number of carbonyl (C=O) groups excluding carboxylic acids is 2. The summed E-state index contributed by atoms with van der Waals surface area (Å²) in [6, 6.07) is 24.3. The van der Waals surface area contributed by atoms with Gasteiger partial charge in [-0.15, -0.1) is 0 Å². The van der Waals surface area contributed by atoms with E-state index in [1.807, 2.05) is 42.5 Å². The van der Waals surface area contributed by atoms with Crippen molar-refractivity contribution >= 4 is 34.7 Å². The molecule has 1 saturated heterocycles. The third-order valence-electron chi connectivity index (χ3n) is 5.11. The maximum absolute atomic E-state index is 12.3. The highest BCUT2D eigenvalue weighted by molar-refractivity contribution is 6.45. The van der Waals surface area contributed by atoms with Gasteiger partial charge >= 0.3 is 6.03 Å². The summed E-state index contributed by atoms with van der Waals surface area (Å²) in [4.78, 5) is 24.6. The van der Waals surface area contributed by atoms with Crippen molar-refractivity contribution in [2.24, 2.45) is 5.92 Å². The van der Waals surface area contributed by atoms with Crippen LogP contribution in [0.4, 0.5) is 16.2 Å². The van der Waals surface area contributed by atoms with E-state index >= 15 is 0 Å². The first kappa shape index (κ1) is 20.0. The highest BCUT2D eigenvalue weighted by atomic mass is 16.2. The van der Waals surface area contributed by atoms with E-state index in [0.717, 1.165) is 0 Å². The molecular formula is C24H21N5O2. The van der Waals surface area contributed by atoms with Crippen LogP contribution in [0, 0.1) is 16.7 Å². The van der Waals surface area contributed by atoms with Gasteiger partial charge in [0, 0.05) is 11.4 Å². The summed E-state index contributed by atoms with van der Waals surface area (Å²) in [5.41, 5.74) is 2.65. The molecule has 1 aliphatic heterocycles. The average molecular weight is 411 g/mol. The Bertz CT molecular complexity index is 1140. The quantitative estimate of drug-likeness (QED) is 0.405. The lowest BCUT2D eigenvalue weighted by Crippen LogP contribution is -2.26. The summed E-state index contributed by atoms with van der Waals surface area (Å²) in [5.74, 6) is -1.21. The molecule has 3 amide bonds. The minimum atomic E-state index is -0.719. The maximum atomic E-state index is 12.3. The van der Waals surface area contributed by atoms with Crippen molar-refractivity contribution in [3.05, 3.63) is 96.1 Å². The highest BCUT2D eigenvalue weighted by Gasteiger charge is 2.41. The summed E-state index contributed by atoms with van der Waals surface area (Å²) in [5, 5.41) is 25.2. The molecule has 154 valence electrons. The van der Waals surface area contributed by atoms with Crippen molar-refractivity contribution in [1.82, 2.24) is 5.32 Å². The molecule has 0 aromatic heterocycles. The third-order valence-corrected chi connectivity index (χ3v) is 5.11. The number of rotatable bonds is 5. The molecule has 3 aromatic rings. The Morgan fingerprint density at radius 1 is 0.839 bits per heavy atom. The van der Waals surface area contributed by atoms with Crippen molar-refractivity contribution in [1.29, 1.82) is 10.8 Å². The van der Waals surface area contributed by atoms with Crippen molar-refractivity contribution in [2.75, 3.05) is 10.6 Å². The van der Waals surface area contributed by atoms with Crippen molar-refractivity contribution in [3.8, 4) is 0 Å². The Hall–Kier alpha value is -4.26. The summed E-state index contributed by atoms with van der Waals surface area (Å²) < 4.78 is 0. The first-order valence-electron chi connectivity index (χ1n) is 9.79. The van der Waals surface area contributed by atoms with Gasteiger partial charge in [0.15, 0.2) is 0 Å². The van der Waals surface area contributed by atoms with Crippen LogP contribution in [0.3, 0.4) is 0 Å². The standard InChI is InChI=1S/C24H21N5O2/c25-20(15-8-3-1-4-9-15)19-21(26)23(30)29-22(19)16-10-7-13-18(14-16)28-24(31)27-17-11-5-2-6-12-17/h1-14,19,22,25-26H,(H,29,30)(H2,27,28,31). The van der Waals surface area contributed by atoms with Crippen LogP contribution in [0.5, 0.6) is 0 Å². The summed E-state index contributed by atoms with van der Waals surface area (Å²) >= 11 is 0. The van der Waals surface area contributed by atoms with Gasteiger partial charge in [0.05, 0.1) is 17.7 Å². The lowest BCUT2D eigenvalue weighted by atomic mass is 9.85. The van der Waals surface area contributed by atoms with E-state index in [1.54, 1.807) is 42.5 Å². The Labute approximate surface area is 179 Å². The van der Waals surface area contributed by atoms with E-state index in [9.17, 15) is 9.59 Å². The molecule has 2 unspecified atom stereocenters. The van der Waals surface area contributed by atoms with Crippen LogP contribution in [-0.2, 0) is 4.79 Å². The molecule has 0 saturated carbocycles. The van der Waals surface area contributed by atoms with Crippen molar-refractivity contribution < 1.29 is 9.59 Å². The fourth-order valence-electron chi connectivity index (χ4n) is 3.62. The van der Waals surface area contributed by atoms with E-state index in [2.05, 4.69) is 16.0 Å². The molecule has 1 fully saturated rings. The topological polar surface area (TPSA) is 118 Å². The predicted molar refractivity (Wildman–Crippen MR) is 121 cm³/mol. The number of amides is 3. The lowest BCUT2D eigenvalue weighted by molar-refractivity contribution is -0.114. The van der Waals surface area contributed by atoms with Gasteiger partial charge in [0.2, 0.25) is 0 Å². The van der Waals surface area contributed by atoms with Crippen LogP contribution >= 0.6 is 0 Å². The number of carbonyl (C=O) groups is 2. The lowest BCUT2D eigenvalue weighted by Gasteiger charge is -2.21. The van der Waals surface area contributed by atoms with Crippen LogP contribution in [0.1, 0.15) is 17.2 Å². The SMILES string of the molecule is N=C1C(=O)NC(c2cccc(NC(=O)Nc3ccccc3)c2)C1C(=N)c1ccccc1. The minimum absolute atomic E-state index is 0.140. The largest absolute Gasteiger partial charge is 0.343 e. The first-order chi connectivity index (χ1) is 15.0. The fourth-order valence-corrected chi connectivity index (χ4v) is 3.62. The van der Waals surface area contributed by atoms with E-state index in [0.29, 0.717) is 22.5 Å². The zero-order chi connectivity index (χ0) is 21.8. The van der Waals surface area contributed by atoms with Crippen LogP contribution in [0.25, 0.3) is 0 Å². The normalized spacial score (nSPS) is 17.7. The molecule has 7 nitrogen and oxygen atoms in total. The second-order valence-electron chi connectivity index (χ2n) is 7.19. The predicted octanol–water partition coefficient (Wildman–Crippen LogP) is 4.21. The van der Waals surface area contributed by atoms with Gasteiger partial charge in [-0.25, -0.2) is 4.79 Å². The fraction of sp³-hybridized carbons (Fsp3) is 0.0833. The zero-order valence-corrected chi connectivity index (χ0v) is 16.6. The number of urea groups is 1. The Kier molecular flexibility index (Phi) is 5.57. The van der Waals surface area contributed by atoms with Gasteiger partial charge in [-0.1, -0.05) is 60.7 Å². The number of anilines is 2. The molecule has 5 N–H and O–H groups in total. The van der Waals surface area contributed by atoms with Gasteiger partial charge in [-0.2, -0.15) is 0 Å². The van der Waals surface area contributed by atoms with E-state index in [1.165, 1.54) is 0 Å². The number of hydrogen-bond donors (Lipinski definition) is 5. The van der Waals surface area contributed by atoms with E-state index in [4.69, 9.17) is 10.8 Å². The molecule has 7 heteroatoms. The van der Waals surface area contributed by atoms with Crippen LogP contribution < -0.4 is 16.0 Å². The van der Waals surface area contributed by atoms with E-state index < -0.39 is 17.9 Å². The second kappa shape index (κ2) is 8.62. The van der Waals surface area contributed by atoms with Gasteiger partial charge < -0.3 is 21.4 Å². The second-order valence-corrected chi connectivity index (χ2v) is 7.19. The number of para-hydroxylation sites is 1. The molecule has 0 spiro atoms. The monoisotopic (exact) mass is 411 g/mol. The molecule has 1 heterocycles. The van der Waals surface area contributed by atoms with Crippen LogP contribution in [0.15, 0.2) is 84.9 Å². The summed E-state index contributed by atoms with van der Waals surface area (Å²) in [6.07, 6.45) is 0. The summed E-state index contributed by atoms with van der Waals surface area (Å²) in [6.45, 7) is 0. The molecule has 4 rings (SSSR count). The molecule has 2 atom stereocenters. The number of nitrogens with one attached hydrogen (secondary N) is 5. The summed E-state index contributed by atoms with van der Waals surface area (Å²) in [7, 11) is 0. The van der Waals surface area contributed by atoms with Gasteiger partial charge in [-0.3, -0.25) is 10.2 Å². The average Bonchev–Trinajstić information content (AvgIpc) is 3.09. The Morgan fingerprint density at radius 2 is 1.45 bits per heavy atom. The molecular weight excluding hydrogens is 390 g/mol. The molecule has 0 aliphatic carbocycles. The van der Waals surface area contributed by atoms with Crippen LogP contribution in [-0.4, -0.2) is 23.4 Å². The molecule has 3 aromatic carbocycles. The van der Waals surface area contributed by atoms with Gasteiger partial charge in [0.25, 0.3) is 5.91 Å². The Morgan fingerprint density at radius 3 is 2.16 bits per heavy atom. The Balaban J connectivity index is 1.55. The minimum Gasteiger partial charge on any atom is -0.343 e. The zero-order valence-electron chi connectivity index (χ0n) is 16.6. The number of hydrogen-bond acceptors (Lipinski definition) is 4. The number of benzene rings is 3. The molecule has 0 bridgehead atoms. The third kappa shape index (κ3) is 4.35. The highest BCUT2D eigenvalue weighted by Crippen LogP contribution is 2.32. The van der Waals surface area contributed by atoms with Crippen molar-refractivity contribution in [2.45, 2.75) is 6.04 Å². The van der Waals surface area contributed by atoms with E-state index in [-0.39, 0.29) is 17.5 Å². The van der Waals surface area contributed by atoms with Crippen molar-refractivity contribution in [3.63, 3.8) is 0 Å². The smallest absolute Gasteiger partial charge is 0.323 e. The molecule has 0 radical (unpaired) electrons. The molecule has 31 heavy (non-hydrogen) atoms.